The standard InChI is InChI=1S/C29H34N4O3/c1-22-14-16-33(17-15-22)27-13-12-25(19-30-27)20-31-28(34)26(18-23-8-4-2-5-9-23)32-29(35)36-21-24-10-6-3-7-11-24/h2-13,19,22,26H,14-18,20-21H2,1H3,(H,31,34)(H,32,35)/t26-/m0/s1. The number of aromatic nitrogens is 1. The molecule has 0 spiro atoms. The Bertz CT molecular complexity index is 1100. The largest absolute Gasteiger partial charge is 0.445 e. The summed E-state index contributed by atoms with van der Waals surface area (Å²) in [6.07, 6.45) is 3.91. The van der Waals surface area contributed by atoms with E-state index in [0.717, 1.165) is 41.5 Å². The first-order valence-electron chi connectivity index (χ1n) is 12.6. The highest BCUT2D eigenvalue weighted by Crippen LogP contribution is 2.21. The normalized spacial score (nSPS) is 14.6. The highest BCUT2D eigenvalue weighted by Gasteiger charge is 2.22. The molecular weight excluding hydrogens is 452 g/mol. The molecule has 36 heavy (non-hydrogen) atoms. The molecule has 0 saturated carbocycles. The van der Waals surface area contributed by atoms with Crippen LogP contribution < -0.4 is 15.5 Å². The molecule has 1 aromatic heterocycles. The number of anilines is 1. The number of ether oxygens (including phenoxy) is 1. The number of pyridine rings is 1. The predicted molar refractivity (Wildman–Crippen MR) is 140 cm³/mol. The van der Waals surface area contributed by atoms with Crippen molar-refractivity contribution in [3.8, 4) is 0 Å². The van der Waals surface area contributed by atoms with Gasteiger partial charge >= 0.3 is 6.09 Å². The summed E-state index contributed by atoms with van der Waals surface area (Å²) in [5.74, 6) is 1.47. The predicted octanol–water partition coefficient (Wildman–Crippen LogP) is 4.47. The molecule has 1 saturated heterocycles. The van der Waals surface area contributed by atoms with E-state index in [1.54, 1.807) is 6.20 Å². The number of carbonyl (C=O) groups excluding carboxylic acids is 2. The summed E-state index contributed by atoms with van der Waals surface area (Å²) in [6, 6.07) is 22.3. The molecule has 7 nitrogen and oxygen atoms in total. The molecule has 188 valence electrons. The van der Waals surface area contributed by atoms with Crippen molar-refractivity contribution in [2.45, 2.75) is 45.4 Å². The third kappa shape index (κ3) is 7.57. The summed E-state index contributed by atoms with van der Waals surface area (Å²) in [6.45, 7) is 4.81. The second-order valence-corrected chi connectivity index (χ2v) is 9.36. The molecule has 0 aliphatic carbocycles. The lowest BCUT2D eigenvalue weighted by atomic mass is 9.99. The molecule has 1 fully saturated rings. The van der Waals surface area contributed by atoms with Crippen molar-refractivity contribution in [1.29, 1.82) is 0 Å². The average Bonchev–Trinajstić information content (AvgIpc) is 2.92. The van der Waals surface area contributed by atoms with Gasteiger partial charge in [-0.2, -0.15) is 0 Å². The average molecular weight is 487 g/mol. The van der Waals surface area contributed by atoms with E-state index in [0.29, 0.717) is 13.0 Å². The molecule has 4 rings (SSSR count). The van der Waals surface area contributed by atoms with E-state index in [9.17, 15) is 9.59 Å². The van der Waals surface area contributed by atoms with Crippen LogP contribution >= 0.6 is 0 Å². The summed E-state index contributed by atoms with van der Waals surface area (Å²) in [7, 11) is 0. The molecule has 0 radical (unpaired) electrons. The minimum Gasteiger partial charge on any atom is -0.445 e. The molecule has 0 bridgehead atoms. The Labute approximate surface area is 212 Å². The summed E-state index contributed by atoms with van der Waals surface area (Å²) < 4.78 is 5.34. The summed E-state index contributed by atoms with van der Waals surface area (Å²) in [5.41, 5.74) is 2.73. The van der Waals surface area contributed by atoms with Crippen molar-refractivity contribution in [3.63, 3.8) is 0 Å². The fourth-order valence-corrected chi connectivity index (χ4v) is 4.22. The molecule has 0 unspecified atom stereocenters. The van der Waals surface area contributed by atoms with Crippen LogP contribution in [0.25, 0.3) is 0 Å². The zero-order chi connectivity index (χ0) is 25.2. The summed E-state index contributed by atoms with van der Waals surface area (Å²) in [4.78, 5) is 32.5. The smallest absolute Gasteiger partial charge is 0.408 e. The van der Waals surface area contributed by atoms with E-state index < -0.39 is 12.1 Å². The molecule has 2 amide bonds. The Morgan fingerprint density at radius 3 is 2.25 bits per heavy atom. The van der Waals surface area contributed by atoms with Crippen LogP contribution in [0.2, 0.25) is 0 Å². The molecule has 1 aliphatic rings. The number of carbonyl (C=O) groups is 2. The number of benzene rings is 2. The number of nitrogens with zero attached hydrogens (tertiary/aromatic N) is 2. The van der Waals surface area contributed by atoms with Gasteiger partial charge in [-0.1, -0.05) is 73.7 Å². The van der Waals surface area contributed by atoms with Crippen LogP contribution in [0.15, 0.2) is 79.0 Å². The molecule has 7 heteroatoms. The van der Waals surface area contributed by atoms with Crippen LogP contribution in [0, 0.1) is 5.92 Å². The molecular formula is C29H34N4O3. The van der Waals surface area contributed by atoms with Crippen LogP contribution in [0.5, 0.6) is 0 Å². The summed E-state index contributed by atoms with van der Waals surface area (Å²) >= 11 is 0. The van der Waals surface area contributed by atoms with Gasteiger partial charge in [0.25, 0.3) is 0 Å². The fraction of sp³-hybridized carbons (Fsp3) is 0.345. The molecule has 2 heterocycles. The summed E-state index contributed by atoms with van der Waals surface area (Å²) in [5, 5.41) is 5.67. The van der Waals surface area contributed by atoms with Crippen LogP contribution in [0.4, 0.5) is 10.6 Å². The van der Waals surface area contributed by atoms with Gasteiger partial charge in [0.15, 0.2) is 0 Å². The van der Waals surface area contributed by atoms with Gasteiger partial charge < -0.3 is 20.3 Å². The lowest BCUT2D eigenvalue weighted by Crippen LogP contribution is -2.48. The number of hydrogen-bond acceptors (Lipinski definition) is 5. The fourth-order valence-electron chi connectivity index (χ4n) is 4.22. The third-order valence-electron chi connectivity index (χ3n) is 6.49. The lowest BCUT2D eigenvalue weighted by molar-refractivity contribution is -0.123. The van der Waals surface area contributed by atoms with Gasteiger partial charge in [0.05, 0.1) is 0 Å². The van der Waals surface area contributed by atoms with E-state index in [1.807, 2.05) is 72.8 Å². The first-order chi connectivity index (χ1) is 17.6. The van der Waals surface area contributed by atoms with Crippen molar-refractivity contribution in [2.24, 2.45) is 5.92 Å². The number of hydrogen-bond donors (Lipinski definition) is 2. The highest BCUT2D eigenvalue weighted by atomic mass is 16.5. The van der Waals surface area contributed by atoms with E-state index >= 15 is 0 Å². The topological polar surface area (TPSA) is 83.6 Å². The zero-order valence-corrected chi connectivity index (χ0v) is 20.7. The molecule has 2 aromatic carbocycles. The Kier molecular flexibility index (Phi) is 8.92. The minimum absolute atomic E-state index is 0.139. The Hall–Kier alpha value is -3.87. The first-order valence-corrected chi connectivity index (χ1v) is 12.6. The van der Waals surface area contributed by atoms with Crippen LogP contribution in [-0.2, 0) is 29.1 Å². The van der Waals surface area contributed by atoms with Crippen LogP contribution in [0.1, 0.15) is 36.5 Å². The highest BCUT2D eigenvalue weighted by molar-refractivity contribution is 5.85. The number of piperidine rings is 1. The van der Waals surface area contributed by atoms with Crippen molar-refractivity contribution in [3.05, 3.63) is 95.7 Å². The number of alkyl carbamates (subject to hydrolysis) is 1. The van der Waals surface area contributed by atoms with E-state index in [2.05, 4.69) is 27.4 Å². The van der Waals surface area contributed by atoms with E-state index in [4.69, 9.17) is 4.74 Å². The van der Waals surface area contributed by atoms with Gasteiger partial charge in [-0.05, 0) is 41.5 Å². The maximum atomic E-state index is 13.1. The maximum absolute atomic E-state index is 13.1. The van der Waals surface area contributed by atoms with Crippen LogP contribution in [-0.4, -0.2) is 36.1 Å². The van der Waals surface area contributed by atoms with Gasteiger partial charge in [-0.3, -0.25) is 4.79 Å². The SMILES string of the molecule is CC1CCN(c2ccc(CNC(=O)[C@H](Cc3ccccc3)NC(=O)OCc3ccccc3)cn2)CC1. The number of nitrogens with one attached hydrogen (secondary N) is 2. The zero-order valence-electron chi connectivity index (χ0n) is 20.7. The van der Waals surface area contributed by atoms with Gasteiger partial charge in [-0.15, -0.1) is 0 Å². The van der Waals surface area contributed by atoms with Gasteiger partial charge in [0.1, 0.15) is 18.5 Å². The van der Waals surface area contributed by atoms with Gasteiger partial charge in [0, 0.05) is 32.3 Å². The number of amides is 2. The Morgan fingerprint density at radius 2 is 1.61 bits per heavy atom. The van der Waals surface area contributed by atoms with E-state index in [-0.39, 0.29) is 12.5 Å². The Morgan fingerprint density at radius 1 is 0.944 bits per heavy atom. The molecule has 2 N–H and O–H groups in total. The molecule has 3 aromatic rings. The number of rotatable bonds is 9. The lowest BCUT2D eigenvalue weighted by Gasteiger charge is -2.31. The minimum atomic E-state index is -0.766. The van der Waals surface area contributed by atoms with Crippen molar-refractivity contribution >= 4 is 17.8 Å². The van der Waals surface area contributed by atoms with Gasteiger partial charge in [0.2, 0.25) is 5.91 Å². The quantitative estimate of drug-likeness (QED) is 0.466. The van der Waals surface area contributed by atoms with Crippen molar-refractivity contribution in [2.75, 3.05) is 18.0 Å². The van der Waals surface area contributed by atoms with E-state index in [1.165, 1.54) is 12.8 Å². The van der Waals surface area contributed by atoms with Gasteiger partial charge in [-0.25, -0.2) is 9.78 Å². The third-order valence-corrected chi connectivity index (χ3v) is 6.49. The maximum Gasteiger partial charge on any atom is 0.408 e. The second kappa shape index (κ2) is 12.7. The monoisotopic (exact) mass is 486 g/mol. The first kappa shape index (κ1) is 25.2. The second-order valence-electron chi connectivity index (χ2n) is 9.36. The van der Waals surface area contributed by atoms with Crippen molar-refractivity contribution < 1.29 is 14.3 Å². The Balaban J connectivity index is 1.33. The van der Waals surface area contributed by atoms with Crippen LogP contribution in [0.3, 0.4) is 0 Å². The molecule has 1 atom stereocenters. The molecule has 1 aliphatic heterocycles. The van der Waals surface area contributed by atoms with Crippen molar-refractivity contribution in [1.82, 2.24) is 15.6 Å².